The maximum absolute atomic E-state index is 4.46. The Morgan fingerprint density at radius 2 is 2.00 bits per heavy atom. The van der Waals surface area contributed by atoms with Gasteiger partial charge < -0.3 is 4.90 Å². The summed E-state index contributed by atoms with van der Waals surface area (Å²) < 4.78 is 0. The Balaban J connectivity index is 2.11. The summed E-state index contributed by atoms with van der Waals surface area (Å²) in [5.41, 5.74) is 2.31. The van der Waals surface area contributed by atoms with Crippen molar-refractivity contribution in [2.45, 2.75) is 40.2 Å². The monoisotopic (exact) mass is 248 g/mol. The molecular formula is C14H24N4. The number of aryl methyl sites for hydroxylation is 1. The van der Waals surface area contributed by atoms with Gasteiger partial charge in [0, 0.05) is 30.4 Å². The van der Waals surface area contributed by atoms with E-state index in [-0.39, 0.29) is 0 Å². The lowest BCUT2D eigenvalue weighted by Gasteiger charge is -2.26. The molecule has 2 heterocycles. The predicted molar refractivity (Wildman–Crippen MR) is 75.0 cm³/mol. The van der Waals surface area contributed by atoms with Crippen LogP contribution in [0.4, 0.5) is 5.82 Å². The molecule has 0 N–H and O–H groups in total. The number of hydrogen-bond acceptors (Lipinski definition) is 4. The zero-order chi connectivity index (χ0) is 13.1. The molecule has 1 aromatic heterocycles. The minimum Gasteiger partial charge on any atom is -0.355 e. The van der Waals surface area contributed by atoms with Gasteiger partial charge in [0.25, 0.3) is 0 Å². The van der Waals surface area contributed by atoms with Crippen molar-refractivity contribution in [3.05, 3.63) is 17.6 Å². The van der Waals surface area contributed by atoms with Crippen LogP contribution in [0.5, 0.6) is 0 Å². The molecule has 1 aliphatic rings. The molecule has 1 saturated heterocycles. The molecule has 2 rings (SSSR count). The average molecular weight is 248 g/mol. The van der Waals surface area contributed by atoms with Crippen molar-refractivity contribution in [2.75, 3.05) is 31.1 Å². The van der Waals surface area contributed by atoms with Gasteiger partial charge in [-0.2, -0.15) is 0 Å². The number of hydrogen-bond donors (Lipinski definition) is 0. The van der Waals surface area contributed by atoms with Crippen LogP contribution >= 0.6 is 0 Å². The van der Waals surface area contributed by atoms with Gasteiger partial charge in [0.1, 0.15) is 12.1 Å². The van der Waals surface area contributed by atoms with E-state index in [0.717, 1.165) is 37.7 Å². The lowest BCUT2D eigenvalue weighted by molar-refractivity contribution is 0.232. The topological polar surface area (TPSA) is 32.3 Å². The largest absolute Gasteiger partial charge is 0.355 e. The summed E-state index contributed by atoms with van der Waals surface area (Å²) >= 11 is 0. The normalized spacial score (nSPS) is 19.8. The second-order valence-electron chi connectivity index (χ2n) is 5.02. The smallest absolute Gasteiger partial charge is 0.135 e. The van der Waals surface area contributed by atoms with Crippen LogP contribution in [-0.2, 0) is 0 Å². The molecule has 4 nitrogen and oxygen atoms in total. The Morgan fingerprint density at radius 3 is 2.67 bits per heavy atom. The molecule has 100 valence electrons. The van der Waals surface area contributed by atoms with Crippen LogP contribution in [0, 0.1) is 13.8 Å². The molecule has 1 fully saturated rings. The molecule has 0 saturated carbocycles. The first-order valence-electron chi connectivity index (χ1n) is 6.94. The Bertz CT molecular complexity index is 401. The molecule has 0 bridgehead atoms. The second kappa shape index (κ2) is 5.65. The van der Waals surface area contributed by atoms with Crippen LogP contribution in [-0.4, -0.2) is 47.1 Å². The van der Waals surface area contributed by atoms with Gasteiger partial charge in [-0.1, -0.05) is 13.8 Å². The standard InChI is InChI=1S/C14H24N4/c1-5-17(6-2)13-7-8-18(9-13)14-11(3)12(4)15-10-16-14/h10,13H,5-9H2,1-4H3/t13-/m0/s1. The Kier molecular flexibility index (Phi) is 4.17. The summed E-state index contributed by atoms with van der Waals surface area (Å²) in [6.45, 7) is 13.1. The molecule has 1 aromatic rings. The number of anilines is 1. The van der Waals surface area contributed by atoms with Gasteiger partial charge in [0.2, 0.25) is 0 Å². The van der Waals surface area contributed by atoms with Gasteiger partial charge >= 0.3 is 0 Å². The molecule has 1 atom stereocenters. The SMILES string of the molecule is CCN(CC)[C@H]1CCN(c2ncnc(C)c2C)C1. The number of likely N-dealkylation sites (N-methyl/N-ethyl adjacent to an activating group) is 1. The van der Waals surface area contributed by atoms with Crippen LogP contribution in [0.2, 0.25) is 0 Å². The Hall–Kier alpha value is -1.16. The van der Waals surface area contributed by atoms with Gasteiger partial charge in [-0.3, -0.25) is 4.90 Å². The first-order chi connectivity index (χ1) is 8.67. The van der Waals surface area contributed by atoms with Crippen LogP contribution in [0.25, 0.3) is 0 Å². The molecule has 4 heteroatoms. The van der Waals surface area contributed by atoms with E-state index in [1.807, 2.05) is 0 Å². The van der Waals surface area contributed by atoms with E-state index in [9.17, 15) is 0 Å². The van der Waals surface area contributed by atoms with Crippen molar-refractivity contribution >= 4 is 5.82 Å². The lowest BCUT2D eigenvalue weighted by atomic mass is 10.2. The molecule has 0 unspecified atom stereocenters. The van der Waals surface area contributed by atoms with Crippen LogP contribution in [0.1, 0.15) is 31.5 Å². The van der Waals surface area contributed by atoms with E-state index < -0.39 is 0 Å². The maximum Gasteiger partial charge on any atom is 0.135 e. The van der Waals surface area contributed by atoms with E-state index in [4.69, 9.17) is 0 Å². The molecule has 0 aromatic carbocycles. The fourth-order valence-electron chi connectivity index (χ4n) is 2.82. The highest BCUT2D eigenvalue weighted by molar-refractivity contribution is 5.48. The van der Waals surface area contributed by atoms with Crippen molar-refractivity contribution in [1.82, 2.24) is 14.9 Å². The maximum atomic E-state index is 4.46. The Labute approximate surface area is 110 Å². The third-order valence-corrected chi connectivity index (χ3v) is 4.10. The molecule has 1 aliphatic heterocycles. The molecule has 18 heavy (non-hydrogen) atoms. The van der Waals surface area contributed by atoms with E-state index in [1.54, 1.807) is 6.33 Å². The third-order valence-electron chi connectivity index (χ3n) is 4.10. The van der Waals surface area contributed by atoms with Crippen LogP contribution in [0.3, 0.4) is 0 Å². The summed E-state index contributed by atoms with van der Waals surface area (Å²) in [7, 11) is 0. The molecule has 0 radical (unpaired) electrons. The summed E-state index contributed by atoms with van der Waals surface area (Å²) in [4.78, 5) is 13.7. The van der Waals surface area contributed by atoms with Gasteiger partial charge in [0.15, 0.2) is 0 Å². The van der Waals surface area contributed by atoms with Crippen molar-refractivity contribution in [3.63, 3.8) is 0 Å². The summed E-state index contributed by atoms with van der Waals surface area (Å²) in [5, 5.41) is 0. The number of rotatable bonds is 4. The molecule has 0 spiro atoms. The number of nitrogens with zero attached hydrogens (tertiary/aromatic N) is 4. The quantitative estimate of drug-likeness (QED) is 0.816. The summed E-state index contributed by atoms with van der Waals surface area (Å²) in [6, 6.07) is 0.676. The van der Waals surface area contributed by atoms with Crippen LogP contribution < -0.4 is 4.90 Å². The van der Waals surface area contributed by atoms with Gasteiger partial charge in [0.05, 0.1) is 0 Å². The minimum absolute atomic E-state index is 0.676. The van der Waals surface area contributed by atoms with Gasteiger partial charge in [-0.15, -0.1) is 0 Å². The molecular weight excluding hydrogens is 224 g/mol. The van der Waals surface area contributed by atoms with Crippen LogP contribution in [0.15, 0.2) is 6.33 Å². The van der Waals surface area contributed by atoms with Crippen molar-refractivity contribution in [2.24, 2.45) is 0 Å². The van der Waals surface area contributed by atoms with E-state index in [2.05, 4.69) is 47.5 Å². The first-order valence-corrected chi connectivity index (χ1v) is 6.94. The summed E-state index contributed by atoms with van der Waals surface area (Å²) in [6.07, 6.45) is 2.92. The second-order valence-corrected chi connectivity index (χ2v) is 5.02. The predicted octanol–water partition coefficient (Wildman–Crippen LogP) is 2.01. The number of aromatic nitrogens is 2. The molecule has 0 amide bonds. The van der Waals surface area contributed by atoms with E-state index >= 15 is 0 Å². The minimum atomic E-state index is 0.676. The van der Waals surface area contributed by atoms with E-state index in [0.29, 0.717) is 6.04 Å². The highest BCUT2D eigenvalue weighted by atomic mass is 15.3. The zero-order valence-electron chi connectivity index (χ0n) is 12.0. The Morgan fingerprint density at radius 1 is 1.28 bits per heavy atom. The molecule has 0 aliphatic carbocycles. The average Bonchev–Trinajstić information content (AvgIpc) is 2.84. The highest BCUT2D eigenvalue weighted by Crippen LogP contribution is 2.24. The van der Waals surface area contributed by atoms with Crippen molar-refractivity contribution in [1.29, 1.82) is 0 Å². The third kappa shape index (κ3) is 2.48. The van der Waals surface area contributed by atoms with Crippen molar-refractivity contribution in [3.8, 4) is 0 Å². The lowest BCUT2D eigenvalue weighted by Crippen LogP contribution is -2.37. The van der Waals surface area contributed by atoms with Crippen molar-refractivity contribution < 1.29 is 0 Å². The fraction of sp³-hybridized carbons (Fsp3) is 0.714. The van der Waals surface area contributed by atoms with Gasteiger partial charge in [-0.25, -0.2) is 9.97 Å². The fourth-order valence-corrected chi connectivity index (χ4v) is 2.82. The highest BCUT2D eigenvalue weighted by Gasteiger charge is 2.27. The van der Waals surface area contributed by atoms with Gasteiger partial charge in [-0.05, 0) is 33.4 Å². The first kappa shape index (κ1) is 13.3. The zero-order valence-corrected chi connectivity index (χ0v) is 12.0. The van der Waals surface area contributed by atoms with E-state index in [1.165, 1.54) is 12.0 Å². The summed E-state index contributed by atoms with van der Waals surface area (Å²) in [5.74, 6) is 1.12.